The molecule has 0 aromatic heterocycles. The molecule has 1 N–H and O–H groups in total. The van der Waals surface area contributed by atoms with Crippen LogP contribution in [0.15, 0.2) is 24.3 Å². The van der Waals surface area contributed by atoms with Gasteiger partial charge in [0.1, 0.15) is 11.1 Å². The molecule has 0 bridgehead atoms. The lowest BCUT2D eigenvalue weighted by Gasteiger charge is -2.17. The summed E-state index contributed by atoms with van der Waals surface area (Å²) in [5.41, 5.74) is 0. The molecule has 0 saturated carbocycles. The molecule has 0 saturated heterocycles. The topological polar surface area (TPSA) is 55.8 Å². The number of hydrogen-bond donors (Lipinski definition) is 1. The summed E-state index contributed by atoms with van der Waals surface area (Å²) in [6, 6.07) is 6.66. The molecule has 1 rings (SSSR count). The minimum atomic E-state index is -3.76. The van der Waals surface area contributed by atoms with Gasteiger partial charge in [0.2, 0.25) is 0 Å². The molecule has 5 heteroatoms. The van der Waals surface area contributed by atoms with E-state index in [-0.39, 0.29) is 18.0 Å². The monoisotopic (exact) mass is 244 g/mol. The lowest BCUT2D eigenvalue weighted by molar-refractivity contribution is 0.241. The number of rotatable bonds is 5. The molecule has 0 aliphatic heterocycles. The summed E-state index contributed by atoms with van der Waals surface area (Å²) >= 11 is 0. The standard InChI is InChI=1S/C11H17O4P/c1-4-14-16(12,13)11-8-6-5-7-10(11)15-9(2)3/h5-9H,4H2,1-3H3,(H,12,13). The third-order valence-electron chi connectivity index (χ3n) is 1.84. The van der Waals surface area contributed by atoms with Gasteiger partial charge < -0.3 is 14.2 Å². The molecule has 0 heterocycles. The van der Waals surface area contributed by atoms with Gasteiger partial charge in [-0.2, -0.15) is 0 Å². The van der Waals surface area contributed by atoms with Gasteiger partial charge in [-0.3, -0.25) is 4.57 Å². The third kappa shape index (κ3) is 3.34. The molecule has 0 fully saturated rings. The van der Waals surface area contributed by atoms with E-state index in [2.05, 4.69) is 0 Å². The molecule has 4 nitrogen and oxygen atoms in total. The van der Waals surface area contributed by atoms with Crippen LogP contribution in [0.2, 0.25) is 0 Å². The van der Waals surface area contributed by atoms with Crippen LogP contribution in [0.3, 0.4) is 0 Å². The van der Waals surface area contributed by atoms with Crippen molar-refractivity contribution in [2.45, 2.75) is 26.9 Å². The second kappa shape index (κ2) is 5.48. The second-order valence-corrected chi connectivity index (χ2v) is 5.35. The van der Waals surface area contributed by atoms with Crippen LogP contribution in [-0.4, -0.2) is 17.6 Å². The normalized spacial score (nSPS) is 14.8. The zero-order valence-electron chi connectivity index (χ0n) is 9.71. The Morgan fingerprint density at radius 3 is 2.56 bits per heavy atom. The predicted octanol–water partition coefficient (Wildman–Crippen LogP) is 2.32. The highest BCUT2D eigenvalue weighted by molar-refractivity contribution is 7.61. The van der Waals surface area contributed by atoms with E-state index in [0.29, 0.717) is 5.75 Å². The summed E-state index contributed by atoms with van der Waals surface area (Å²) in [4.78, 5) is 9.73. The summed E-state index contributed by atoms with van der Waals surface area (Å²) < 4.78 is 22.2. The van der Waals surface area contributed by atoms with Gasteiger partial charge >= 0.3 is 7.60 Å². The van der Waals surface area contributed by atoms with Crippen LogP contribution in [0, 0.1) is 0 Å². The molecular formula is C11H17O4P. The molecule has 0 aliphatic rings. The predicted molar refractivity (Wildman–Crippen MR) is 63.3 cm³/mol. The van der Waals surface area contributed by atoms with Crippen LogP contribution >= 0.6 is 7.60 Å². The highest BCUT2D eigenvalue weighted by Crippen LogP contribution is 2.43. The van der Waals surface area contributed by atoms with Gasteiger partial charge in [-0.05, 0) is 32.9 Å². The van der Waals surface area contributed by atoms with E-state index in [0.717, 1.165) is 0 Å². The highest BCUT2D eigenvalue weighted by Gasteiger charge is 2.26. The van der Waals surface area contributed by atoms with Crippen LogP contribution in [-0.2, 0) is 9.09 Å². The minimum absolute atomic E-state index is 0.0530. The zero-order chi connectivity index (χ0) is 12.2. The van der Waals surface area contributed by atoms with Crippen LogP contribution in [0.4, 0.5) is 0 Å². The van der Waals surface area contributed by atoms with Crippen LogP contribution in [0.5, 0.6) is 5.75 Å². The SMILES string of the molecule is CCOP(=O)(O)c1ccccc1OC(C)C. The van der Waals surface area contributed by atoms with Crippen molar-refractivity contribution < 1.29 is 18.7 Å². The van der Waals surface area contributed by atoms with Gasteiger partial charge in [-0.1, -0.05) is 12.1 Å². The number of benzene rings is 1. The molecule has 0 spiro atoms. The van der Waals surface area contributed by atoms with E-state index in [9.17, 15) is 9.46 Å². The number of ether oxygens (including phenoxy) is 1. The summed E-state index contributed by atoms with van der Waals surface area (Å²) in [7, 11) is -3.76. The lowest BCUT2D eigenvalue weighted by atomic mass is 10.3. The van der Waals surface area contributed by atoms with Crippen molar-refractivity contribution in [3.05, 3.63) is 24.3 Å². The zero-order valence-corrected chi connectivity index (χ0v) is 10.6. The van der Waals surface area contributed by atoms with Crippen molar-refractivity contribution in [2.75, 3.05) is 6.61 Å². The lowest BCUT2D eigenvalue weighted by Crippen LogP contribution is -2.15. The first kappa shape index (κ1) is 13.2. The van der Waals surface area contributed by atoms with E-state index in [1.807, 2.05) is 13.8 Å². The van der Waals surface area contributed by atoms with Crippen LogP contribution in [0.1, 0.15) is 20.8 Å². The smallest absolute Gasteiger partial charge is 0.362 e. The Kier molecular flexibility index (Phi) is 4.54. The Bertz CT molecular complexity index is 389. The van der Waals surface area contributed by atoms with Gasteiger partial charge in [0.05, 0.1) is 12.7 Å². The number of para-hydroxylation sites is 1. The third-order valence-corrected chi connectivity index (χ3v) is 3.42. The molecule has 1 atom stereocenters. The fourth-order valence-corrected chi connectivity index (χ4v) is 2.46. The highest BCUT2D eigenvalue weighted by atomic mass is 31.2. The molecule has 0 aliphatic carbocycles. The Morgan fingerprint density at radius 2 is 2.00 bits per heavy atom. The molecule has 1 aromatic carbocycles. The van der Waals surface area contributed by atoms with E-state index < -0.39 is 7.60 Å². The summed E-state index contributed by atoms with van der Waals surface area (Å²) in [5, 5.41) is 0.213. The first-order valence-electron chi connectivity index (χ1n) is 5.21. The molecule has 0 amide bonds. The van der Waals surface area contributed by atoms with E-state index >= 15 is 0 Å². The van der Waals surface area contributed by atoms with E-state index in [1.54, 1.807) is 31.2 Å². The fraction of sp³-hybridized carbons (Fsp3) is 0.455. The van der Waals surface area contributed by atoms with E-state index in [4.69, 9.17) is 9.26 Å². The molecule has 16 heavy (non-hydrogen) atoms. The molecule has 1 unspecified atom stereocenters. The minimum Gasteiger partial charge on any atom is -0.490 e. The van der Waals surface area contributed by atoms with Crippen LogP contribution in [0.25, 0.3) is 0 Å². The van der Waals surface area contributed by atoms with Gasteiger partial charge in [0, 0.05) is 0 Å². The average Bonchev–Trinajstić information content (AvgIpc) is 2.17. The van der Waals surface area contributed by atoms with E-state index in [1.165, 1.54) is 0 Å². The molecule has 90 valence electrons. The van der Waals surface area contributed by atoms with Crippen molar-refractivity contribution in [3.63, 3.8) is 0 Å². The maximum Gasteiger partial charge on any atom is 0.362 e. The summed E-state index contributed by atoms with van der Waals surface area (Å²) in [6.07, 6.45) is -0.0530. The Hall–Kier alpha value is -0.830. The van der Waals surface area contributed by atoms with Crippen molar-refractivity contribution in [1.29, 1.82) is 0 Å². The molecule has 0 radical (unpaired) electrons. The fourth-order valence-electron chi connectivity index (χ4n) is 1.29. The molecule has 1 aromatic rings. The quantitative estimate of drug-likeness (QED) is 0.807. The maximum atomic E-state index is 11.9. The van der Waals surface area contributed by atoms with Crippen molar-refractivity contribution in [1.82, 2.24) is 0 Å². The summed E-state index contributed by atoms with van der Waals surface area (Å²) in [6.45, 7) is 5.58. The van der Waals surface area contributed by atoms with Crippen molar-refractivity contribution in [3.8, 4) is 5.75 Å². The first-order valence-corrected chi connectivity index (χ1v) is 6.78. The van der Waals surface area contributed by atoms with Gasteiger partial charge in [0.25, 0.3) is 0 Å². The Morgan fingerprint density at radius 1 is 1.38 bits per heavy atom. The van der Waals surface area contributed by atoms with Gasteiger partial charge in [-0.25, -0.2) is 0 Å². The first-order chi connectivity index (χ1) is 7.47. The number of hydrogen-bond acceptors (Lipinski definition) is 3. The molecular weight excluding hydrogens is 227 g/mol. The second-order valence-electron chi connectivity index (χ2n) is 3.57. The van der Waals surface area contributed by atoms with Crippen molar-refractivity contribution >= 4 is 12.9 Å². The average molecular weight is 244 g/mol. The van der Waals surface area contributed by atoms with Gasteiger partial charge in [0.15, 0.2) is 0 Å². The van der Waals surface area contributed by atoms with Crippen molar-refractivity contribution in [2.24, 2.45) is 0 Å². The Balaban J connectivity index is 3.07. The van der Waals surface area contributed by atoms with Gasteiger partial charge in [-0.15, -0.1) is 0 Å². The maximum absolute atomic E-state index is 11.9. The Labute approximate surface area is 95.7 Å². The summed E-state index contributed by atoms with van der Waals surface area (Å²) in [5.74, 6) is 0.400. The largest absolute Gasteiger partial charge is 0.490 e. The van der Waals surface area contributed by atoms with Crippen LogP contribution < -0.4 is 10.0 Å².